The Hall–Kier alpha value is -3.48. The quantitative estimate of drug-likeness (QED) is 0.747. The highest BCUT2D eigenvalue weighted by molar-refractivity contribution is 5.93. The Morgan fingerprint density at radius 3 is 2.50 bits per heavy atom. The van der Waals surface area contributed by atoms with E-state index >= 15 is 0 Å². The fourth-order valence-electron chi connectivity index (χ4n) is 3.11. The Morgan fingerprint density at radius 2 is 1.82 bits per heavy atom. The highest BCUT2D eigenvalue weighted by Crippen LogP contribution is 2.25. The maximum Gasteiger partial charge on any atom is 0.331 e. The SMILES string of the molecule is Cc1ccc(C)c([C@@H](NC(=O)c2cc(=O)n(C)c(=O)n2C)c2cccnc2)c1. The molecule has 0 radical (unpaired) electrons. The lowest BCUT2D eigenvalue weighted by molar-refractivity contribution is 0.0932. The molecule has 28 heavy (non-hydrogen) atoms. The molecular formula is C21H22N4O3. The third-order valence-corrected chi connectivity index (χ3v) is 4.80. The Balaban J connectivity index is 2.09. The molecule has 0 spiro atoms. The van der Waals surface area contributed by atoms with Crippen molar-refractivity contribution in [1.82, 2.24) is 19.4 Å². The van der Waals surface area contributed by atoms with Gasteiger partial charge >= 0.3 is 5.69 Å². The summed E-state index contributed by atoms with van der Waals surface area (Å²) in [6.07, 6.45) is 3.35. The van der Waals surface area contributed by atoms with Crippen molar-refractivity contribution in [3.63, 3.8) is 0 Å². The van der Waals surface area contributed by atoms with Crippen LogP contribution in [0.5, 0.6) is 0 Å². The molecule has 1 N–H and O–H groups in total. The van der Waals surface area contributed by atoms with Crippen molar-refractivity contribution in [2.75, 3.05) is 0 Å². The molecule has 7 heteroatoms. The van der Waals surface area contributed by atoms with Crippen LogP contribution in [-0.4, -0.2) is 20.0 Å². The number of aryl methyl sites for hydroxylation is 2. The van der Waals surface area contributed by atoms with Crippen LogP contribution in [0.2, 0.25) is 0 Å². The van der Waals surface area contributed by atoms with Crippen LogP contribution in [-0.2, 0) is 14.1 Å². The number of carbonyl (C=O) groups excluding carboxylic acids is 1. The van der Waals surface area contributed by atoms with E-state index in [9.17, 15) is 14.4 Å². The topological polar surface area (TPSA) is 86.0 Å². The van der Waals surface area contributed by atoms with Crippen molar-refractivity contribution in [1.29, 1.82) is 0 Å². The van der Waals surface area contributed by atoms with E-state index in [2.05, 4.69) is 10.3 Å². The molecule has 3 rings (SSSR count). The van der Waals surface area contributed by atoms with Crippen LogP contribution in [0, 0.1) is 13.8 Å². The molecule has 0 aliphatic heterocycles. The Kier molecular flexibility index (Phi) is 5.26. The summed E-state index contributed by atoms with van der Waals surface area (Å²) < 4.78 is 2.13. The monoisotopic (exact) mass is 378 g/mol. The minimum atomic E-state index is -0.553. The Bertz CT molecular complexity index is 1150. The summed E-state index contributed by atoms with van der Waals surface area (Å²) in [5.41, 5.74) is 2.73. The molecule has 1 amide bonds. The number of pyridine rings is 1. The molecule has 0 bridgehead atoms. The number of benzene rings is 1. The smallest absolute Gasteiger partial charge is 0.331 e. The second kappa shape index (κ2) is 7.64. The molecule has 7 nitrogen and oxygen atoms in total. The largest absolute Gasteiger partial charge is 0.340 e. The fraction of sp³-hybridized carbons (Fsp3) is 0.238. The summed E-state index contributed by atoms with van der Waals surface area (Å²) in [6.45, 7) is 3.95. The van der Waals surface area contributed by atoms with Gasteiger partial charge in [0, 0.05) is 32.6 Å². The van der Waals surface area contributed by atoms with Crippen molar-refractivity contribution in [3.05, 3.63) is 97.6 Å². The average molecular weight is 378 g/mol. The van der Waals surface area contributed by atoms with E-state index in [0.717, 1.165) is 26.8 Å². The molecule has 2 heterocycles. The van der Waals surface area contributed by atoms with Gasteiger partial charge in [-0.15, -0.1) is 0 Å². The van der Waals surface area contributed by atoms with Gasteiger partial charge in [-0.05, 0) is 36.6 Å². The lowest BCUT2D eigenvalue weighted by Crippen LogP contribution is -2.42. The first-order chi connectivity index (χ1) is 13.3. The summed E-state index contributed by atoms with van der Waals surface area (Å²) in [7, 11) is 2.84. The average Bonchev–Trinajstić information content (AvgIpc) is 2.69. The molecule has 144 valence electrons. The van der Waals surface area contributed by atoms with E-state index in [-0.39, 0.29) is 5.69 Å². The van der Waals surface area contributed by atoms with Gasteiger partial charge in [-0.3, -0.25) is 23.7 Å². The molecular weight excluding hydrogens is 356 g/mol. The number of aromatic nitrogens is 3. The fourth-order valence-corrected chi connectivity index (χ4v) is 3.11. The molecule has 0 fully saturated rings. The van der Waals surface area contributed by atoms with E-state index < -0.39 is 23.2 Å². The van der Waals surface area contributed by atoms with Gasteiger partial charge in [0.15, 0.2) is 0 Å². The summed E-state index contributed by atoms with van der Waals surface area (Å²) in [4.78, 5) is 41.3. The number of nitrogens with one attached hydrogen (secondary N) is 1. The molecule has 0 saturated carbocycles. The van der Waals surface area contributed by atoms with Crippen LogP contribution in [0.1, 0.15) is 38.8 Å². The number of rotatable bonds is 4. The zero-order chi connectivity index (χ0) is 20.4. The van der Waals surface area contributed by atoms with Crippen LogP contribution in [0.25, 0.3) is 0 Å². The molecule has 1 aromatic carbocycles. The van der Waals surface area contributed by atoms with Gasteiger partial charge in [0.25, 0.3) is 11.5 Å². The first-order valence-corrected chi connectivity index (χ1v) is 8.84. The molecule has 3 aromatic rings. The van der Waals surface area contributed by atoms with Gasteiger partial charge in [-0.25, -0.2) is 4.79 Å². The van der Waals surface area contributed by atoms with Gasteiger partial charge in [0.2, 0.25) is 0 Å². The van der Waals surface area contributed by atoms with Gasteiger partial charge in [0.1, 0.15) is 5.69 Å². The standard InChI is InChI=1S/C21H22N4O3/c1-13-7-8-14(2)16(10-13)19(15-6-5-9-22-12-15)23-20(27)17-11-18(26)25(4)21(28)24(17)3/h5-12,19H,1-4H3,(H,23,27)/t19-/m0/s1. The number of amides is 1. The zero-order valence-corrected chi connectivity index (χ0v) is 16.3. The number of carbonyl (C=O) groups is 1. The molecule has 2 aromatic heterocycles. The molecule has 0 aliphatic carbocycles. The highest BCUT2D eigenvalue weighted by atomic mass is 16.2. The normalized spacial score (nSPS) is 11.9. The first kappa shape index (κ1) is 19.3. The van der Waals surface area contributed by atoms with E-state index in [0.29, 0.717) is 0 Å². The minimum absolute atomic E-state index is 0.00676. The Labute approximate surface area is 162 Å². The van der Waals surface area contributed by atoms with Crippen LogP contribution in [0.3, 0.4) is 0 Å². The molecule has 1 atom stereocenters. The second-order valence-corrected chi connectivity index (χ2v) is 6.82. The Morgan fingerprint density at radius 1 is 1.07 bits per heavy atom. The van der Waals surface area contributed by atoms with Crippen molar-refractivity contribution >= 4 is 5.91 Å². The molecule has 0 saturated heterocycles. The van der Waals surface area contributed by atoms with Gasteiger partial charge in [-0.2, -0.15) is 0 Å². The predicted molar refractivity (Wildman–Crippen MR) is 106 cm³/mol. The van der Waals surface area contributed by atoms with Gasteiger partial charge in [0.05, 0.1) is 6.04 Å². The zero-order valence-electron chi connectivity index (χ0n) is 16.3. The predicted octanol–water partition coefficient (Wildman–Crippen LogP) is 1.62. The van der Waals surface area contributed by atoms with Crippen LogP contribution < -0.4 is 16.6 Å². The summed E-state index contributed by atoms with van der Waals surface area (Å²) in [5, 5.41) is 2.96. The van der Waals surface area contributed by atoms with Crippen LogP contribution >= 0.6 is 0 Å². The lowest BCUT2D eigenvalue weighted by Gasteiger charge is -2.22. The maximum absolute atomic E-state index is 13.0. The third kappa shape index (κ3) is 3.64. The second-order valence-electron chi connectivity index (χ2n) is 6.82. The van der Waals surface area contributed by atoms with Gasteiger partial charge < -0.3 is 5.32 Å². The third-order valence-electron chi connectivity index (χ3n) is 4.80. The lowest BCUT2D eigenvalue weighted by atomic mass is 9.94. The number of hydrogen-bond donors (Lipinski definition) is 1. The highest BCUT2D eigenvalue weighted by Gasteiger charge is 2.22. The number of nitrogens with zero attached hydrogens (tertiary/aromatic N) is 3. The van der Waals surface area contributed by atoms with Crippen LogP contribution in [0.15, 0.2) is 58.4 Å². The van der Waals surface area contributed by atoms with Crippen molar-refractivity contribution < 1.29 is 4.79 Å². The van der Waals surface area contributed by atoms with Crippen molar-refractivity contribution in [2.45, 2.75) is 19.9 Å². The summed E-state index contributed by atoms with van der Waals surface area (Å²) >= 11 is 0. The van der Waals surface area contributed by atoms with Gasteiger partial charge in [-0.1, -0.05) is 29.8 Å². The van der Waals surface area contributed by atoms with E-state index in [1.54, 1.807) is 18.5 Å². The van der Waals surface area contributed by atoms with Crippen LogP contribution in [0.4, 0.5) is 0 Å². The molecule has 0 aliphatic rings. The van der Waals surface area contributed by atoms with Crippen molar-refractivity contribution in [3.8, 4) is 0 Å². The number of hydrogen-bond acceptors (Lipinski definition) is 4. The maximum atomic E-state index is 13.0. The molecule has 0 unspecified atom stereocenters. The van der Waals surface area contributed by atoms with E-state index in [4.69, 9.17) is 0 Å². The van der Waals surface area contributed by atoms with Crippen molar-refractivity contribution in [2.24, 2.45) is 14.1 Å². The van der Waals surface area contributed by atoms with E-state index in [1.807, 2.05) is 38.1 Å². The summed E-state index contributed by atoms with van der Waals surface area (Å²) in [6, 6.07) is 10.4. The van der Waals surface area contributed by atoms with E-state index in [1.165, 1.54) is 24.7 Å². The first-order valence-electron chi connectivity index (χ1n) is 8.84. The summed E-state index contributed by atoms with van der Waals surface area (Å²) in [5.74, 6) is -0.507. The minimum Gasteiger partial charge on any atom is -0.340 e.